The summed E-state index contributed by atoms with van der Waals surface area (Å²) in [5.41, 5.74) is 0. The molecule has 15 heavy (non-hydrogen) atoms. The average Bonchev–Trinajstić information content (AvgIpc) is 2.65. The number of nitrogens with one attached hydrogen (secondary N) is 1. The molecule has 1 heterocycles. The molecule has 0 unspecified atom stereocenters. The molecular weight excluding hydrogens is 234 g/mol. The van der Waals surface area contributed by atoms with Gasteiger partial charge in [-0.25, -0.2) is 8.42 Å². The minimum Gasteiger partial charge on any atom is -0.354 e. The average molecular weight is 247 g/mol. The minimum absolute atomic E-state index is 0.223. The van der Waals surface area contributed by atoms with Gasteiger partial charge in [-0.1, -0.05) is 0 Å². The molecule has 84 valence electrons. The zero-order valence-electron chi connectivity index (χ0n) is 8.77. The van der Waals surface area contributed by atoms with E-state index in [2.05, 4.69) is 5.32 Å². The van der Waals surface area contributed by atoms with Crippen LogP contribution in [0.4, 0.5) is 0 Å². The van der Waals surface area contributed by atoms with Crippen molar-refractivity contribution in [3.8, 4) is 0 Å². The summed E-state index contributed by atoms with van der Waals surface area (Å²) >= 11 is 1.14. The Kier molecular flexibility index (Phi) is 3.51. The first-order chi connectivity index (χ1) is 6.89. The lowest BCUT2D eigenvalue weighted by atomic mass is 10.4. The highest BCUT2D eigenvalue weighted by Gasteiger charge is 2.21. The fourth-order valence-corrected chi connectivity index (χ4v) is 3.28. The summed E-state index contributed by atoms with van der Waals surface area (Å²) in [6, 6.07) is 1.42. The Morgan fingerprint density at radius 2 is 2.07 bits per heavy atom. The first-order valence-electron chi connectivity index (χ1n) is 4.44. The Morgan fingerprint density at radius 1 is 1.47 bits per heavy atom. The van der Waals surface area contributed by atoms with Crippen molar-refractivity contribution in [1.82, 2.24) is 5.32 Å². The summed E-state index contributed by atoms with van der Waals surface area (Å²) < 4.78 is 23.5. The van der Waals surface area contributed by atoms with Crippen LogP contribution in [-0.4, -0.2) is 26.6 Å². The van der Waals surface area contributed by atoms with E-state index in [0.29, 0.717) is 4.88 Å². The van der Waals surface area contributed by atoms with Crippen molar-refractivity contribution in [2.24, 2.45) is 0 Å². The smallest absolute Gasteiger partial charge is 0.261 e. The molecule has 1 amide bonds. The van der Waals surface area contributed by atoms with Crippen LogP contribution in [0.5, 0.6) is 0 Å². The second-order valence-corrected chi connectivity index (χ2v) is 6.74. The molecule has 0 radical (unpaired) electrons. The van der Waals surface area contributed by atoms with Crippen molar-refractivity contribution in [2.45, 2.75) is 24.0 Å². The maximum absolute atomic E-state index is 11.7. The third-order valence-corrected chi connectivity index (χ3v) is 5.19. The van der Waals surface area contributed by atoms with E-state index >= 15 is 0 Å². The van der Waals surface area contributed by atoms with Gasteiger partial charge in [0, 0.05) is 12.4 Å². The summed E-state index contributed by atoms with van der Waals surface area (Å²) in [7, 11) is -1.75. The van der Waals surface area contributed by atoms with Gasteiger partial charge >= 0.3 is 0 Å². The number of hydrogen-bond donors (Lipinski definition) is 1. The third-order valence-electron chi connectivity index (χ3n) is 1.98. The van der Waals surface area contributed by atoms with Gasteiger partial charge in [0.25, 0.3) is 5.91 Å². The molecule has 0 saturated carbocycles. The molecule has 1 rings (SSSR count). The van der Waals surface area contributed by atoms with Gasteiger partial charge in [0.1, 0.15) is 0 Å². The second kappa shape index (κ2) is 4.32. The van der Waals surface area contributed by atoms with Crippen molar-refractivity contribution in [1.29, 1.82) is 0 Å². The number of hydrogen-bond acceptors (Lipinski definition) is 4. The predicted molar refractivity (Wildman–Crippen MR) is 60.0 cm³/mol. The van der Waals surface area contributed by atoms with Crippen molar-refractivity contribution in [3.05, 3.63) is 16.3 Å². The summed E-state index contributed by atoms with van der Waals surface area (Å²) in [5.74, 6) is -0.259. The van der Waals surface area contributed by atoms with Gasteiger partial charge in [-0.3, -0.25) is 4.79 Å². The SMILES string of the molecule is CNC(=O)c1cc(S(=O)(=O)C(C)C)cs1. The zero-order valence-corrected chi connectivity index (χ0v) is 10.4. The molecule has 1 N–H and O–H groups in total. The predicted octanol–water partition coefficient (Wildman–Crippen LogP) is 1.29. The number of carbonyl (C=O) groups is 1. The molecule has 0 bridgehead atoms. The van der Waals surface area contributed by atoms with Gasteiger partial charge in [0.15, 0.2) is 9.84 Å². The summed E-state index contributed by atoms with van der Waals surface area (Å²) in [4.78, 5) is 11.9. The number of carbonyl (C=O) groups excluding carboxylic acids is 1. The molecule has 0 atom stereocenters. The maximum atomic E-state index is 11.7. The number of amides is 1. The van der Waals surface area contributed by atoms with E-state index in [9.17, 15) is 13.2 Å². The van der Waals surface area contributed by atoms with Crippen LogP contribution in [-0.2, 0) is 9.84 Å². The molecule has 0 spiro atoms. The standard InChI is InChI=1S/C9H13NO3S2/c1-6(2)15(12,13)7-4-8(14-5-7)9(11)10-3/h4-6H,1-3H3,(H,10,11). The molecule has 1 aromatic heterocycles. The summed E-state index contributed by atoms with van der Waals surface area (Å²) in [6.07, 6.45) is 0. The van der Waals surface area contributed by atoms with Crippen LogP contribution >= 0.6 is 11.3 Å². The van der Waals surface area contributed by atoms with E-state index in [0.717, 1.165) is 11.3 Å². The fraction of sp³-hybridized carbons (Fsp3) is 0.444. The Balaban J connectivity index is 3.10. The molecular formula is C9H13NO3S2. The third kappa shape index (κ3) is 2.38. The Labute approximate surface area is 93.2 Å². The number of rotatable bonds is 3. The van der Waals surface area contributed by atoms with Crippen LogP contribution < -0.4 is 5.32 Å². The summed E-state index contributed by atoms with van der Waals surface area (Å²) in [5, 5.41) is 3.48. The topological polar surface area (TPSA) is 63.2 Å². The number of thiophene rings is 1. The quantitative estimate of drug-likeness (QED) is 0.875. The van der Waals surface area contributed by atoms with E-state index in [-0.39, 0.29) is 10.8 Å². The Morgan fingerprint density at radius 3 is 2.53 bits per heavy atom. The molecule has 0 aliphatic rings. The van der Waals surface area contributed by atoms with Crippen LogP contribution in [0, 0.1) is 0 Å². The normalized spacial score (nSPS) is 11.7. The highest BCUT2D eigenvalue weighted by Crippen LogP contribution is 2.22. The van der Waals surface area contributed by atoms with Gasteiger partial charge in [-0.15, -0.1) is 11.3 Å². The zero-order chi connectivity index (χ0) is 11.6. The van der Waals surface area contributed by atoms with Crippen LogP contribution in [0.25, 0.3) is 0 Å². The lowest BCUT2D eigenvalue weighted by Gasteiger charge is -2.03. The van der Waals surface area contributed by atoms with Crippen LogP contribution in [0.2, 0.25) is 0 Å². The monoisotopic (exact) mass is 247 g/mol. The fourth-order valence-electron chi connectivity index (χ4n) is 0.982. The second-order valence-electron chi connectivity index (χ2n) is 3.32. The maximum Gasteiger partial charge on any atom is 0.261 e. The first-order valence-corrected chi connectivity index (χ1v) is 6.86. The van der Waals surface area contributed by atoms with E-state index < -0.39 is 15.1 Å². The molecule has 0 fully saturated rings. The summed E-state index contributed by atoms with van der Waals surface area (Å²) in [6.45, 7) is 3.24. The van der Waals surface area contributed by atoms with Gasteiger partial charge in [0.2, 0.25) is 0 Å². The lowest BCUT2D eigenvalue weighted by molar-refractivity contribution is 0.0967. The minimum atomic E-state index is -3.27. The lowest BCUT2D eigenvalue weighted by Crippen LogP contribution is -2.16. The van der Waals surface area contributed by atoms with Crippen LogP contribution in [0.3, 0.4) is 0 Å². The van der Waals surface area contributed by atoms with Crippen LogP contribution in [0.15, 0.2) is 16.3 Å². The molecule has 0 aromatic carbocycles. The van der Waals surface area contributed by atoms with E-state index in [1.54, 1.807) is 13.8 Å². The van der Waals surface area contributed by atoms with Crippen LogP contribution in [0.1, 0.15) is 23.5 Å². The molecule has 4 nitrogen and oxygen atoms in total. The van der Waals surface area contributed by atoms with Gasteiger partial charge in [-0.05, 0) is 19.9 Å². The number of sulfone groups is 1. The molecule has 0 saturated heterocycles. The van der Waals surface area contributed by atoms with E-state index in [1.807, 2.05) is 0 Å². The molecule has 0 aliphatic heterocycles. The van der Waals surface area contributed by atoms with Gasteiger partial charge < -0.3 is 5.32 Å². The Hall–Kier alpha value is -0.880. The highest BCUT2D eigenvalue weighted by molar-refractivity contribution is 7.92. The van der Waals surface area contributed by atoms with Crippen molar-refractivity contribution < 1.29 is 13.2 Å². The van der Waals surface area contributed by atoms with Gasteiger partial charge in [-0.2, -0.15) is 0 Å². The largest absolute Gasteiger partial charge is 0.354 e. The van der Waals surface area contributed by atoms with E-state index in [1.165, 1.54) is 18.5 Å². The highest BCUT2D eigenvalue weighted by atomic mass is 32.2. The Bertz CT molecular complexity index is 459. The first kappa shape index (κ1) is 12.2. The molecule has 6 heteroatoms. The van der Waals surface area contributed by atoms with Crippen molar-refractivity contribution >= 4 is 27.1 Å². The molecule has 1 aromatic rings. The van der Waals surface area contributed by atoms with Gasteiger partial charge in [0.05, 0.1) is 15.0 Å². The van der Waals surface area contributed by atoms with Crippen molar-refractivity contribution in [2.75, 3.05) is 7.05 Å². The van der Waals surface area contributed by atoms with Crippen molar-refractivity contribution in [3.63, 3.8) is 0 Å². The van der Waals surface area contributed by atoms with E-state index in [4.69, 9.17) is 0 Å². The molecule has 0 aliphatic carbocycles.